The largest absolute Gasteiger partial charge is 0.368 e. The fraction of sp³-hybridized carbons (Fsp3) is 0.0909. The fourth-order valence-corrected chi connectivity index (χ4v) is 0.969. The van der Waals surface area contributed by atoms with Crippen LogP contribution in [0.2, 0.25) is 0 Å². The normalized spacial score (nSPS) is 10.1. The first-order valence-corrected chi connectivity index (χ1v) is 4.48. The Hall–Kier alpha value is -2.10. The van der Waals surface area contributed by atoms with Crippen molar-refractivity contribution in [2.24, 2.45) is 5.73 Å². The number of benzene rings is 1. The Kier molecular flexibility index (Phi) is 4.09. The summed E-state index contributed by atoms with van der Waals surface area (Å²) in [6, 6.07) is 9.39. The van der Waals surface area contributed by atoms with Gasteiger partial charge in [0.2, 0.25) is 11.8 Å². The number of hydrogen-bond donors (Lipinski definition) is 2. The molecule has 15 heavy (non-hydrogen) atoms. The van der Waals surface area contributed by atoms with Gasteiger partial charge in [0.15, 0.2) is 0 Å². The minimum absolute atomic E-state index is 0.141. The molecule has 0 aromatic heterocycles. The second kappa shape index (κ2) is 5.59. The molecule has 0 fully saturated rings. The molecule has 0 saturated heterocycles. The first-order chi connectivity index (χ1) is 7.18. The summed E-state index contributed by atoms with van der Waals surface area (Å²) in [5.74, 6) is -0.894. The summed E-state index contributed by atoms with van der Waals surface area (Å²) in [7, 11) is 0. The first kappa shape index (κ1) is 11.0. The van der Waals surface area contributed by atoms with Gasteiger partial charge in [0.1, 0.15) is 0 Å². The average Bonchev–Trinajstić information content (AvgIpc) is 2.25. The molecule has 3 N–H and O–H groups in total. The van der Waals surface area contributed by atoms with Gasteiger partial charge in [-0.15, -0.1) is 0 Å². The topological polar surface area (TPSA) is 72.2 Å². The fourth-order valence-electron chi connectivity index (χ4n) is 0.969. The van der Waals surface area contributed by atoms with Crippen LogP contribution in [0.1, 0.15) is 5.56 Å². The van der Waals surface area contributed by atoms with Crippen LogP contribution in [0.5, 0.6) is 0 Å². The zero-order valence-electron chi connectivity index (χ0n) is 8.14. The maximum absolute atomic E-state index is 11.1. The van der Waals surface area contributed by atoms with E-state index in [1.165, 1.54) is 6.08 Å². The van der Waals surface area contributed by atoms with E-state index in [1.807, 2.05) is 30.3 Å². The average molecular weight is 204 g/mol. The van der Waals surface area contributed by atoms with E-state index in [2.05, 4.69) is 5.32 Å². The summed E-state index contributed by atoms with van der Waals surface area (Å²) in [6.45, 7) is -0.141. The van der Waals surface area contributed by atoms with Gasteiger partial charge in [0, 0.05) is 6.08 Å². The summed E-state index contributed by atoms with van der Waals surface area (Å²) in [6.07, 6.45) is 3.02. The molecule has 2 amide bonds. The molecule has 0 bridgehead atoms. The lowest BCUT2D eigenvalue weighted by atomic mass is 10.2. The highest BCUT2D eigenvalue weighted by Gasteiger charge is 1.96. The van der Waals surface area contributed by atoms with Crippen molar-refractivity contribution in [3.05, 3.63) is 42.0 Å². The predicted molar refractivity (Wildman–Crippen MR) is 57.7 cm³/mol. The second-order valence-electron chi connectivity index (χ2n) is 2.93. The van der Waals surface area contributed by atoms with Gasteiger partial charge < -0.3 is 11.1 Å². The van der Waals surface area contributed by atoms with Gasteiger partial charge in [-0.3, -0.25) is 9.59 Å². The van der Waals surface area contributed by atoms with Gasteiger partial charge in [-0.2, -0.15) is 0 Å². The molecule has 0 radical (unpaired) electrons. The molecule has 0 heterocycles. The highest BCUT2D eigenvalue weighted by molar-refractivity contribution is 5.93. The van der Waals surface area contributed by atoms with Crippen LogP contribution in [0.15, 0.2) is 36.4 Å². The van der Waals surface area contributed by atoms with E-state index >= 15 is 0 Å². The number of rotatable bonds is 4. The van der Waals surface area contributed by atoms with Crippen molar-refractivity contribution >= 4 is 17.9 Å². The SMILES string of the molecule is NC(=O)CNC(=O)C=Cc1ccccc1. The number of nitrogens with two attached hydrogens (primary N) is 1. The van der Waals surface area contributed by atoms with E-state index in [0.717, 1.165) is 5.56 Å². The van der Waals surface area contributed by atoms with Gasteiger partial charge in [0.25, 0.3) is 0 Å². The van der Waals surface area contributed by atoms with Gasteiger partial charge >= 0.3 is 0 Å². The first-order valence-electron chi connectivity index (χ1n) is 4.48. The number of nitrogens with one attached hydrogen (secondary N) is 1. The number of primary amides is 1. The van der Waals surface area contributed by atoms with Crippen LogP contribution in [-0.2, 0) is 9.59 Å². The van der Waals surface area contributed by atoms with E-state index in [-0.39, 0.29) is 12.5 Å². The number of amides is 2. The summed E-state index contributed by atoms with van der Waals surface area (Å²) >= 11 is 0. The molecule has 4 nitrogen and oxygen atoms in total. The van der Waals surface area contributed by atoms with Gasteiger partial charge in [-0.1, -0.05) is 30.3 Å². The Morgan fingerprint density at radius 1 is 1.27 bits per heavy atom. The summed E-state index contributed by atoms with van der Waals surface area (Å²) in [4.78, 5) is 21.5. The molecular weight excluding hydrogens is 192 g/mol. The van der Waals surface area contributed by atoms with Crippen LogP contribution in [0, 0.1) is 0 Å². The van der Waals surface area contributed by atoms with E-state index < -0.39 is 5.91 Å². The standard InChI is InChI=1S/C11H12N2O2/c12-10(14)8-13-11(15)7-6-9-4-2-1-3-5-9/h1-7H,8H2,(H2,12,14)(H,13,15). The summed E-state index contributed by atoms with van der Waals surface area (Å²) < 4.78 is 0. The Labute approximate surface area is 87.8 Å². The Balaban J connectivity index is 2.44. The maximum atomic E-state index is 11.1. The summed E-state index contributed by atoms with van der Waals surface area (Å²) in [5, 5.41) is 2.35. The molecule has 4 heteroatoms. The second-order valence-corrected chi connectivity index (χ2v) is 2.93. The third-order valence-corrected chi connectivity index (χ3v) is 1.66. The highest BCUT2D eigenvalue weighted by atomic mass is 16.2. The van der Waals surface area contributed by atoms with Crippen molar-refractivity contribution in [1.29, 1.82) is 0 Å². The third kappa shape index (κ3) is 4.61. The third-order valence-electron chi connectivity index (χ3n) is 1.66. The highest BCUT2D eigenvalue weighted by Crippen LogP contribution is 2.00. The molecule has 1 aromatic carbocycles. The van der Waals surface area contributed by atoms with Crippen molar-refractivity contribution in [3.8, 4) is 0 Å². The molecule has 0 saturated carbocycles. The van der Waals surface area contributed by atoms with Gasteiger partial charge in [-0.05, 0) is 11.6 Å². The van der Waals surface area contributed by atoms with Crippen LogP contribution in [0.25, 0.3) is 6.08 Å². The quantitative estimate of drug-likeness (QED) is 0.692. The van der Waals surface area contributed by atoms with Crippen LogP contribution in [-0.4, -0.2) is 18.4 Å². The lowest BCUT2D eigenvalue weighted by molar-refractivity contribution is -0.122. The zero-order chi connectivity index (χ0) is 11.1. The van der Waals surface area contributed by atoms with E-state index in [4.69, 9.17) is 5.73 Å². The lowest BCUT2D eigenvalue weighted by Crippen LogP contribution is -2.32. The molecule has 78 valence electrons. The molecule has 0 unspecified atom stereocenters. The van der Waals surface area contributed by atoms with Crippen molar-refractivity contribution < 1.29 is 9.59 Å². The molecule has 1 aromatic rings. The molecule has 0 aliphatic rings. The minimum atomic E-state index is -0.559. The molecule has 0 aliphatic carbocycles. The van der Waals surface area contributed by atoms with Crippen LogP contribution >= 0.6 is 0 Å². The van der Waals surface area contributed by atoms with Crippen molar-refractivity contribution in [3.63, 3.8) is 0 Å². The van der Waals surface area contributed by atoms with Gasteiger partial charge in [-0.25, -0.2) is 0 Å². The van der Waals surface area contributed by atoms with E-state index in [1.54, 1.807) is 6.08 Å². The Morgan fingerprint density at radius 2 is 1.93 bits per heavy atom. The molecular formula is C11H12N2O2. The zero-order valence-corrected chi connectivity index (χ0v) is 8.14. The molecule has 1 rings (SSSR count). The number of carbonyl (C=O) groups excluding carboxylic acids is 2. The van der Waals surface area contributed by atoms with Crippen molar-refractivity contribution in [2.75, 3.05) is 6.54 Å². The van der Waals surface area contributed by atoms with Crippen LogP contribution in [0.4, 0.5) is 0 Å². The van der Waals surface area contributed by atoms with Gasteiger partial charge in [0.05, 0.1) is 6.54 Å². The number of carbonyl (C=O) groups is 2. The Bertz CT molecular complexity index is 371. The van der Waals surface area contributed by atoms with Crippen LogP contribution < -0.4 is 11.1 Å². The van der Waals surface area contributed by atoms with Crippen molar-refractivity contribution in [2.45, 2.75) is 0 Å². The Morgan fingerprint density at radius 3 is 2.53 bits per heavy atom. The smallest absolute Gasteiger partial charge is 0.244 e. The molecule has 0 spiro atoms. The van der Waals surface area contributed by atoms with E-state index in [0.29, 0.717) is 0 Å². The molecule has 0 aliphatic heterocycles. The van der Waals surface area contributed by atoms with E-state index in [9.17, 15) is 9.59 Å². The van der Waals surface area contributed by atoms with Crippen molar-refractivity contribution in [1.82, 2.24) is 5.32 Å². The maximum Gasteiger partial charge on any atom is 0.244 e. The molecule has 0 atom stereocenters. The lowest BCUT2D eigenvalue weighted by Gasteiger charge is -1.96. The minimum Gasteiger partial charge on any atom is -0.368 e. The number of hydrogen-bond acceptors (Lipinski definition) is 2. The van der Waals surface area contributed by atoms with Crippen LogP contribution in [0.3, 0.4) is 0 Å². The monoisotopic (exact) mass is 204 g/mol. The predicted octanol–water partition coefficient (Wildman–Crippen LogP) is 0.301. The summed E-state index contributed by atoms with van der Waals surface area (Å²) in [5.41, 5.74) is 5.79.